The first-order valence-electron chi connectivity index (χ1n) is 10.1. The highest BCUT2D eigenvalue weighted by molar-refractivity contribution is 6.07. The highest BCUT2D eigenvalue weighted by Gasteiger charge is 2.16. The molecule has 1 heterocycles. The molecule has 30 heavy (non-hydrogen) atoms. The maximum Gasteiger partial charge on any atom is 0.252 e. The number of aromatic nitrogens is 1. The van der Waals surface area contributed by atoms with Crippen molar-refractivity contribution in [3.8, 4) is 0 Å². The fourth-order valence-corrected chi connectivity index (χ4v) is 3.72. The van der Waals surface area contributed by atoms with Gasteiger partial charge in [-0.25, -0.2) is 4.98 Å². The number of carbonyl (C=O) groups is 1. The first-order valence-corrected chi connectivity index (χ1v) is 10.1. The summed E-state index contributed by atoms with van der Waals surface area (Å²) in [5, 5.41) is 7.32. The number of hydrogen-bond acceptors (Lipinski definition) is 3. The van der Waals surface area contributed by atoms with Crippen molar-refractivity contribution in [2.24, 2.45) is 0 Å². The van der Waals surface area contributed by atoms with Crippen LogP contribution in [0.15, 0.2) is 78.9 Å². The minimum Gasteiger partial charge on any atom is -0.345 e. The summed E-state index contributed by atoms with van der Waals surface area (Å²) in [6, 6.07) is 25.7. The molecule has 1 atom stereocenters. The van der Waals surface area contributed by atoms with Crippen LogP contribution in [0.3, 0.4) is 0 Å². The lowest BCUT2D eigenvalue weighted by Gasteiger charge is -2.16. The van der Waals surface area contributed by atoms with E-state index in [-0.39, 0.29) is 11.9 Å². The van der Waals surface area contributed by atoms with Crippen LogP contribution >= 0.6 is 0 Å². The number of nitrogens with one attached hydrogen (secondary N) is 2. The van der Waals surface area contributed by atoms with E-state index in [0.29, 0.717) is 11.4 Å². The van der Waals surface area contributed by atoms with Crippen LogP contribution in [-0.4, -0.2) is 10.9 Å². The van der Waals surface area contributed by atoms with Crippen molar-refractivity contribution in [1.82, 2.24) is 10.3 Å². The molecule has 0 bridgehead atoms. The van der Waals surface area contributed by atoms with Gasteiger partial charge < -0.3 is 10.6 Å². The third-order valence-corrected chi connectivity index (χ3v) is 5.10. The molecule has 0 unspecified atom stereocenters. The van der Waals surface area contributed by atoms with Crippen LogP contribution in [0.5, 0.6) is 0 Å². The number of aryl methyl sites for hydroxylation is 2. The lowest BCUT2D eigenvalue weighted by atomic mass is 10.1. The second-order valence-electron chi connectivity index (χ2n) is 7.68. The molecule has 4 heteroatoms. The number of para-hydroxylation sites is 1. The minimum absolute atomic E-state index is 0.0959. The highest BCUT2D eigenvalue weighted by atomic mass is 16.1. The number of pyridine rings is 1. The normalized spacial score (nSPS) is 11.8. The van der Waals surface area contributed by atoms with E-state index in [2.05, 4.69) is 42.7 Å². The third kappa shape index (κ3) is 4.33. The van der Waals surface area contributed by atoms with Gasteiger partial charge in [0.05, 0.1) is 17.1 Å². The number of hydrogen-bond donors (Lipinski definition) is 2. The van der Waals surface area contributed by atoms with Crippen molar-refractivity contribution < 1.29 is 4.79 Å². The maximum atomic E-state index is 13.2. The number of amides is 1. The van der Waals surface area contributed by atoms with E-state index >= 15 is 0 Å². The van der Waals surface area contributed by atoms with Gasteiger partial charge in [-0.3, -0.25) is 4.79 Å². The molecule has 2 N–H and O–H groups in total. The summed E-state index contributed by atoms with van der Waals surface area (Å²) in [5.74, 6) is 0.532. The molecule has 4 nitrogen and oxygen atoms in total. The van der Waals surface area contributed by atoms with E-state index in [1.807, 2.05) is 67.6 Å². The zero-order valence-corrected chi connectivity index (χ0v) is 17.4. The van der Waals surface area contributed by atoms with Crippen LogP contribution in [-0.2, 0) is 0 Å². The first-order chi connectivity index (χ1) is 14.5. The molecule has 0 aliphatic carbocycles. The summed E-state index contributed by atoms with van der Waals surface area (Å²) in [7, 11) is 0. The maximum absolute atomic E-state index is 13.2. The second kappa shape index (κ2) is 8.37. The number of nitrogens with zero attached hydrogens (tertiary/aromatic N) is 1. The molecule has 0 aliphatic rings. The van der Waals surface area contributed by atoms with Crippen molar-refractivity contribution in [2.45, 2.75) is 26.8 Å². The van der Waals surface area contributed by atoms with Gasteiger partial charge in [0, 0.05) is 11.1 Å². The van der Waals surface area contributed by atoms with Crippen molar-refractivity contribution in [2.75, 3.05) is 5.32 Å². The van der Waals surface area contributed by atoms with E-state index in [9.17, 15) is 4.79 Å². The summed E-state index contributed by atoms with van der Waals surface area (Å²) in [5.41, 5.74) is 5.76. The van der Waals surface area contributed by atoms with Gasteiger partial charge in [-0.2, -0.15) is 0 Å². The smallest absolute Gasteiger partial charge is 0.252 e. The first kappa shape index (κ1) is 19.6. The molecule has 150 valence electrons. The Labute approximate surface area is 177 Å². The molecular weight excluding hydrogens is 370 g/mol. The van der Waals surface area contributed by atoms with Crippen LogP contribution in [0.4, 0.5) is 11.5 Å². The SMILES string of the molecule is Cc1cc(C)cc(Nc2cc(C(=O)N[C@H](C)c3ccccc3)c3ccccc3n2)c1. The van der Waals surface area contributed by atoms with Gasteiger partial charge in [0.15, 0.2) is 0 Å². The van der Waals surface area contributed by atoms with Crippen LogP contribution < -0.4 is 10.6 Å². The third-order valence-electron chi connectivity index (χ3n) is 5.10. The molecular formula is C26H25N3O. The summed E-state index contributed by atoms with van der Waals surface area (Å²) in [6.45, 7) is 6.12. The van der Waals surface area contributed by atoms with Gasteiger partial charge in [0.2, 0.25) is 0 Å². The molecule has 0 saturated heterocycles. The van der Waals surface area contributed by atoms with Gasteiger partial charge in [-0.15, -0.1) is 0 Å². The van der Waals surface area contributed by atoms with E-state index in [4.69, 9.17) is 4.98 Å². The molecule has 3 aromatic carbocycles. The number of carbonyl (C=O) groups excluding carboxylic acids is 1. The van der Waals surface area contributed by atoms with E-state index in [1.165, 1.54) is 11.1 Å². The quantitative estimate of drug-likeness (QED) is 0.430. The molecule has 0 fully saturated rings. The lowest BCUT2D eigenvalue weighted by Crippen LogP contribution is -2.27. The van der Waals surface area contributed by atoms with Gasteiger partial charge in [-0.1, -0.05) is 54.6 Å². The summed E-state index contributed by atoms with van der Waals surface area (Å²) >= 11 is 0. The Bertz CT molecular complexity index is 1180. The standard InChI is InChI=1S/C26H25N3O/c1-17-13-18(2)15-21(14-17)28-25-16-23(22-11-7-8-12-24(22)29-25)26(30)27-19(3)20-9-5-4-6-10-20/h4-16,19H,1-3H3,(H,27,30)(H,28,29)/t19-/m1/s1. The molecule has 0 saturated carbocycles. The Morgan fingerprint density at radius 2 is 1.53 bits per heavy atom. The summed E-state index contributed by atoms with van der Waals surface area (Å²) in [4.78, 5) is 17.9. The fraction of sp³-hybridized carbons (Fsp3) is 0.154. The molecule has 0 spiro atoms. The molecule has 1 aromatic heterocycles. The number of benzene rings is 3. The Hall–Kier alpha value is -3.66. The Morgan fingerprint density at radius 1 is 0.867 bits per heavy atom. The number of fused-ring (bicyclic) bond motifs is 1. The van der Waals surface area contributed by atoms with Crippen molar-refractivity contribution in [3.63, 3.8) is 0 Å². The second-order valence-corrected chi connectivity index (χ2v) is 7.68. The highest BCUT2D eigenvalue weighted by Crippen LogP contribution is 2.25. The molecule has 0 radical (unpaired) electrons. The van der Waals surface area contributed by atoms with Crippen LogP contribution in [0.25, 0.3) is 10.9 Å². The largest absolute Gasteiger partial charge is 0.345 e. The van der Waals surface area contributed by atoms with Crippen LogP contribution in [0.2, 0.25) is 0 Å². The van der Waals surface area contributed by atoms with Gasteiger partial charge in [0.25, 0.3) is 5.91 Å². The van der Waals surface area contributed by atoms with E-state index in [0.717, 1.165) is 22.2 Å². The summed E-state index contributed by atoms with van der Waals surface area (Å²) in [6.07, 6.45) is 0. The molecule has 4 rings (SSSR count). The molecule has 4 aromatic rings. The van der Waals surface area contributed by atoms with Crippen molar-refractivity contribution in [1.29, 1.82) is 0 Å². The summed E-state index contributed by atoms with van der Waals surface area (Å²) < 4.78 is 0. The number of anilines is 2. The molecule has 0 aliphatic heterocycles. The zero-order valence-electron chi connectivity index (χ0n) is 17.4. The van der Waals surface area contributed by atoms with Gasteiger partial charge in [0.1, 0.15) is 5.82 Å². The lowest BCUT2D eigenvalue weighted by molar-refractivity contribution is 0.0941. The van der Waals surface area contributed by atoms with Crippen molar-refractivity contribution in [3.05, 3.63) is 101 Å². The van der Waals surface area contributed by atoms with Crippen LogP contribution in [0, 0.1) is 13.8 Å². The minimum atomic E-state index is -0.117. The van der Waals surface area contributed by atoms with Crippen LogP contribution in [0.1, 0.15) is 40.0 Å². The monoisotopic (exact) mass is 395 g/mol. The topological polar surface area (TPSA) is 54.0 Å². The van der Waals surface area contributed by atoms with Gasteiger partial charge >= 0.3 is 0 Å². The Kier molecular flexibility index (Phi) is 5.48. The zero-order chi connectivity index (χ0) is 21.1. The van der Waals surface area contributed by atoms with Gasteiger partial charge in [-0.05, 0) is 61.7 Å². The average Bonchev–Trinajstić information content (AvgIpc) is 2.73. The average molecular weight is 396 g/mol. The van der Waals surface area contributed by atoms with E-state index in [1.54, 1.807) is 0 Å². The van der Waals surface area contributed by atoms with E-state index < -0.39 is 0 Å². The predicted octanol–water partition coefficient (Wildman–Crippen LogP) is 6.09. The number of rotatable bonds is 5. The fourth-order valence-electron chi connectivity index (χ4n) is 3.72. The van der Waals surface area contributed by atoms with Crippen molar-refractivity contribution >= 4 is 28.3 Å². The molecule has 1 amide bonds. The Morgan fingerprint density at radius 3 is 2.27 bits per heavy atom. The predicted molar refractivity (Wildman–Crippen MR) is 123 cm³/mol. The Balaban J connectivity index is 1.68.